The summed E-state index contributed by atoms with van der Waals surface area (Å²) in [6, 6.07) is 17.0. The fourth-order valence-electron chi connectivity index (χ4n) is 4.54. The summed E-state index contributed by atoms with van der Waals surface area (Å²) >= 11 is 0. The van der Waals surface area contributed by atoms with Crippen LogP contribution in [0.2, 0.25) is 0 Å². The highest BCUT2D eigenvalue weighted by Gasteiger charge is 2.18. The van der Waals surface area contributed by atoms with E-state index in [1.807, 2.05) is 39.0 Å². The molecule has 1 fully saturated rings. The zero-order valence-electron chi connectivity index (χ0n) is 21.4. The van der Waals surface area contributed by atoms with Gasteiger partial charge in [0.05, 0.1) is 0 Å². The van der Waals surface area contributed by atoms with E-state index in [4.69, 9.17) is 4.74 Å². The second-order valence-corrected chi connectivity index (χ2v) is 10.7. The molecule has 3 aromatic rings. The molecule has 0 radical (unpaired) electrons. The average Bonchev–Trinajstić information content (AvgIpc) is 2.82. The maximum absolute atomic E-state index is 12.2. The van der Waals surface area contributed by atoms with Crippen molar-refractivity contribution in [3.05, 3.63) is 65.9 Å². The molecule has 1 aliphatic rings. The van der Waals surface area contributed by atoms with Crippen LogP contribution in [0.4, 0.5) is 16.3 Å². The van der Waals surface area contributed by atoms with Crippen molar-refractivity contribution < 1.29 is 9.53 Å². The molecule has 6 heteroatoms. The van der Waals surface area contributed by atoms with E-state index in [2.05, 4.69) is 57.9 Å². The van der Waals surface area contributed by atoms with Gasteiger partial charge in [0.1, 0.15) is 11.4 Å². The first-order valence-electron chi connectivity index (χ1n) is 12.6. The van der Waals surface area contributed by atoms with Gasteiger partial charge in [-0.15, -0.1) is 0 Å². The van der Waals surface area contributed by atoms with Crippen LogP contribution in [0.25, 0.3) is 10.8 Å². The number of hydrogen-bond donors (Lipinski definition) is 2. The van der Waals surface area contributed by atoms with Crippen molar-refractivity contribution in [2.24, 2.45) is 5.92 Å². The largest absolute Gasteiger partial charge is 0.444 e. The Kier molecular flexibility index (Phi) is 7.91. The van der Waals surface area contributed by atoms with Crippen LogP contribution in [0.3, 0.4) is 0 Å². The van der Waals surface area contributed by atoms with Crippen LogP contribution in [0.5, 0.6) is 0 Å². The summed E-state index contributed by atoms with van der Waals surface area (Å²) < 4.78 is 5.36. The topological polar surface area (TPSA) is 66.5 Å². The number of aryl methyl sites for hydroxylation is 1. The Morgan fingerprint density at radius 2 is 1.77 bits per heavy atom. The molecule has 0 atom stereocenters. The molecule has 0 spiro atoms. The van der Waals surface area contributed by atoms with Gasteiger partial charge >= 0.3 is 6.09 Å². The van der Waals surface area contributed by atoms with Crippen LogP contribution < -0.4 is 10.6 Å². The number of pyridine rings is 1. The van der Waals surface area contributed by atoms with Crippen molar-refractivity contribution in [1.82, 2.24) is 9.88 Å². The lowest BCUT2D eigenvalue weighted by molar-refractivity contribution is 0.0635. The summed E-state index contributed by atoms with van der Waals surface area (Å²) in [5.41, 5.74) is 3.15. The Balaban J connectivity index is 1.31. The van der Waals surface area contributed by atoms with Gasteiger partial charge < -0.3 is 15.0 Å². The van der Waals surface area contributed by atoms with Crippen LogP contribution in [0, 0.1) is 5.92 Å². The van der Waals surface area contributed by atoms with Gasteiger partial charge in [0.25, 0.3) is 0 Å². The minimum absolute atomic E-state index is 0.499. The van der Waals surface area contributed by atoms with E-state index in [1.54, 1.807) is 6.20 Å². The first-order chi connectivity index (χ1) is 16.7. The second-order valence-electron chi connectivity index (χ2n) is 10.7. The van der Waals surface area contributed by atoms with Crippen molar-refractivity contribution in [2.75, 3.05) is 30.8 Å². The minimum atomic E-state index is -0.559. The highest BCUT2D eigenvalue weighted by atomic mass is 16.6. The number of nitrogens with zero attached hydrogens (tertiary/aromatic N) is 2. The zero-order valence-corrected chi connectivity index (χ0v) is 21.4. The number of piperidine rings is 1. The van der Waals surface area contributed by atoms with Crippen LogP contribution in [-0.4, -0.2) is 41.7 Å². The van der Waals surface area contributed by atoms with Gasteiger partial charge in [-0.25, -0.2) is 9.78 Å². The number of likely N-dealkylation sites (tertiary alicyclic amines) is 1. The van der Waals surface area contributed by atoms with Crippen molar-refractivity contribution in [2.45, 2.75) is 58.6 Å². The Bertz CT molecular complexity index is 1130. The van der Waals surface area contributed by atoms with Gasteiger partial charge in [-0.05, 0) is 113 Å². The van der Waals surface area contributed by atoms with E-state index in [0.717, 1.165) is 28.9 Å². The molecule has 0 aliphatic carbocycles. The first kappa shape index (κ1) is 25.0. The summed E-state index contributed by atoms with van der Waals surface area (Å²) in [7, 11) is 2.22. The van der Waals surface area contributed by atoms with E-state index in [1.165, 1.54) is 49.9 Å². The molecule has 4 rings (SSSR count). The predicted octanol–water partition coefficient (Wildman–Crippen LogP) is 6.47. The second kappa shape index (κ2) is 11.1. The lowest BCUT2D eigenvalue weighted by Gasteiger charge is -2.28. The van der Waals surface area contributed by atoms with Gasteiger partial charge in [-0.2, -0.15) is 0 Å². The molecular formula is C29H38N4O2. The van der Waals surface area contributed by atoms with Gasteiger partial charge in [-0.1, -0.05) is 24.3 Å². The van der Waals surface area contributed by atoms with Gasteiger partial charge in [0.2, 0.25) is 0 Å². The number of fused-ring (bicyclic) bond motifs is 1. The number of anilines is 2. The number of ether oxygens (including phenoxy) is 1. The fourth-order valence-corrected chi connectivity index (χ4v) is 4.54. The first-order valence-corrected chi connectivity index (χ1v) is 12.6. The SMILES string of the molecule is CN1CCC(CCc2ccc(CNc3ccc4c(NC(=O)OC(C)(C)C)nccc4c3)cc2)CC1. The molecule has 0 saturated carbocycles. The number of nitrogens with one attached hydrogen (secondary N) is 2. The van der Waals surface area contributed by atoms with Crippen molar-refractivity contribution in [1.29, 1.82) is 0 Å². The molecule has 2 aromatic carbocycles. The van der Waals surface area contributed by atoms with E-state index >= 15 is 0 Å². The molecule has 2 heterocycles. The fraction of sp³-hybridized carbons (Fsp3) is 0.448. The number of carbonyl (C=O) groups is 1. The molecule has 6 nitrogen and oxygen atoms in total. The summed E-state index contributed by atoms with van der Waals surface area (Å²) in [6.45, 7) is 8.75. The van der Waals surface area contributed by atoms with Crippen LogP contribution in [-0.2, 0) is 17.7 Å². The summed E-state index contributed by atoms with van der Waals surface area (Å²) in [6.07, 6.45) is 6.32. The van der Waals surface area contributed by atoms with E-state index < -0.39 is 11.7 Å². The third-order valence-corrected chi connectivity index (χ3v) is 6.58. The third-order valence-electron chi connectivity index (χ3n) is 6.58. The number of rotatable bonds is 7. The molecule has 0 bridgehead atoms. The average molecular weight is 475 g/mol. The van der Waals surface area contributed by atoms with E-state index in [-0.39, 0.29) is 0 Å². The molecule has 35 heavy (non-hydrogen) atoms. The minimum Gasteiger partial charge on any atom is -0.444 e. The Morgan fingerprint density at radius 1 is 1.06 bits per heavy atom. The molecule has 0 unspecified atom stereocenters. The van der Waals surface area contributed by atoms with Crippen LogP contribution in [0.15, 0.2) is 54.7 Å². The maximum Gasteiger partial charge on any atom is 0.413 e. The smallest absolute Gasteiger partial charge is 0.413 e. The van der Waals surface area contributed by atoms with Crippen LogP contribution in [0.1, 0.15) is 51.2 Å². The van der Waals surface area contributed by atoms with E-state index in [0.29, 0.717) is 5.82 Å². The number of hydrogen-bond acceptors (Lipinski definition) is 5. The molecule has 1 saturated heterocycles. The number of carbonyl (C=O) groups excluding carboxylic acids is 1. The van der Waals surface area contributed by atoms with Gasteiger partial charge in [0, 0.05) is 23.8 Å². The summed E-state index contributed by atoms with van der Waals surface area (Å²) in [4.78, 5) is 18.9. The van der Waals surface area contributed by atoms with Gasteiger partial charge in [-0.3, -0.25) is 5.32 Å². The standard InChI is InChI=1S/C29H38N4O2/c1-29(2,3)35-28(34)32-27-26-12-11-25(19-24(26)13-16-30-27)31-20-23-9-7-21(8-10-23)5-6-22-14-17-33(4)18-15-22/h7-13,16,19,22,31H,5-6,14-15,17-18,20H2,1-4H3,(H,30,32,34). The van der Waals surface area contributed by atoms with E-state index in [9.17, 15) is 4.79 Å². The highest BCUT2D eigenvalue weighted by Crippen LogP contribution is 2.26. The normalized spacial score (nSPS) is 15.2. The summed E-state index contributed by atoms with van der Waals surface area (Å²) in [5, 5.41) is 8.15. The predicted molar refractivity (Wildman–Crippen MR) is 144 cm³/mol. The zero-order chi connectivity index (χ0) is 24.8. The number of benzene rings is 2. The van der Waals surface area contributed by atoms with Gasteiger partial charge in [0.15, 0.2) is 0 Å². The molecule has 1 amide bonds. The molecule has 186 valence electrons. The lowest BCUT2D eigenvalue weighted by Crippen LogP contribution is -2.30. The quantitative estimate of drug-likeness (QED) is 0.411. The molecule has 2 N–H and O–H groups in total. The van der Waals surface area contributed by atoms with Crippen molar-refractivity contribution in [3.8, 4) is 0 Å². The Morgan fingerprint density at radius 3 is 2.49 bits per heavy atom. The summed E-state index contributed by atoms with van der Waals surface area (Å²) in [5.74, 6) is 1.37. The highest BCUT2D eigenvalue weighted by molar-refractivity contribution is 5.99. The molecule has 1 aliphatic heterocycles. The Hall–Kier alpha value is -3.12. The third kappa shape index (κ3) is 7.43. The lowest BCUT2D eigenvalue weighted by atomic mass is 9.90. The maximum atomic E-state index is 12.2. The molecule has 1 aromatic heterocycles. The number of aromatic nitrogens is 1. The molecular weight excluding hydrogens is 436 g/mol. The Labute approximate surface area is 209 Å². The monoisotopic (exact) mass is 474 g/mol. The van der Waals surface area contributed by atoms with Crippen LogP contribution >= 0.6 is 0 Å². The van der Waals surface area contributed by atoms with Crippen molar-refractivity contribution in [3.63, 3.8) is 0 Å². The van der Waals surface area contributed by atoms with Crippen molar-refractivity contribution >= 4 is 28.4 Å². The number of amides is 1.